The smallest absolute Gasteiger partial charge is 0.282 e. The van der Waals surface area contributed by atoms with Crippen LogP contribution in [0.15, 0.2) is 84.0 Å². The molecule has 3 aromatic rings. The van der Waals surface area contributed by atoms with Crippen LogP contribution >= 0.6 is 0 Å². The summed E-state index contributed by atoms with van der Waals surface area (Å²) in [5, 5.41) is 14.9. The normalized spacial score (nSPS) is 10.6. The molecule has 0 aliphatic rings. The zero-order valence-corrected chi connectivity index (χ0v) is 14.8. The van der Waals surface area contributed by atoms with Crippen molar-refractivity contribution in [2.75, 3.05) is 0 Å². The van der Waals surface area contributed by atoms with Crippen molar-refractivity contribution in [3.05, 3.63) is 106 Å². The van der Waals surface area contributed by atoms with E-state index in [1.807, 2.05) is 42.5 Å². The third-order valence-electron chi connectivity index (χ3n) is 3.87. The van der Waals surface area contributed by atoms with E-state index in [4.69, 9.17) is 4.74 Å². The third kappa shape index (κ3) is 4.79. The fourth-order valence-electron chi connectivity index (χ4n) is 2.50. The number of hydrogen-bond donors (Lipinski definition) is 1. The van der Waals surface area contributed by atoms with E-state index >= 15 is 0 Å². The SMILES string of the molecule is O=C(N/N=C/c1ccccc1OCc1ccccc1)c1ccccc1[N+](=O)[O-]. The van der Waals surface area contributed by atoms with Crippen LogP contribution in [0.4, 0.5) is 5.69 Å². The van der Waals surface area contributed by atoms with Gasteiger partial charge in [0, 0.05) is 11.6 Å². The summed E-state index contributed by atoms with van der Waals surface area (Å²) in [5.41, 5.74) is 3.68. The molecule has 0 unspecified atom stereocenters. The molecule has 1 amide bonds. The summed E-state index contributed by atoms with van der Waals surface area (Å²) < 4.78 is 5.82. The molecule has 0 atom stereocenters. The summed E-state index contributed by atoms with van der Waals surface area (Å²) in [6.07, 6.45) is 1.44. The van der Waals surface area contributed by atoms with Gasteiger partial charge in [-0.05, 0) is 23.8 Å². The molecule has 0 spiro atoms. The molecule has 0 aliphatic carbocycles. The highest BCUT2D eigenvalue weighted by Crippen LogP contribution is 2.19. The van der Waals surface area contributed by atoms with E-state index in [2.05, 4.69) is 10.5 Å². The largest absolute Gasteiger partial charge is 0.488 e. The maximum Gasteiger partial charge on any atom is 0.282 e. The molecule has 0 saturated carbocycles. The highest BCUT2D eigenvalue weighted by Gasteiger charge is 2.18. The van der Waals surface area contributed by atoms with Crippen molar-refractivity contribution in [1.29, 1.82) is 0 Å². The van der Waals surface area contributed by atoms with Crippen LogP contribution in [-0.2, 0) is 6.61 Å². The van der Waals surface area contributed by atoms with Crippen molar-refractivity contribution in [2.45, 2.75) is 6.61 Å². The van der Waals surface area contributed by atoms with Gasteiger partial charge in [0.05, 0.1) is 11.1 Å². The van der Waals surface area contributed by atoms with Crippen LogP contribution in [-0.4, -0.2) is 17.0 Å². The number of carbonyl (C=O) groups is 1. The van der Waals surface area contributed by atoms with Gasteiger partial charge in [-0.15, -0.1) is 0 Å². The van der Waals surface area contributed by atoms with Crippen LogP contribution < -0.4 is 10.2 Å². The standard InChI is InChI=1S/C21H17N3O4/c25-21(18-11-5-6-12-19(18)24(26)27)23-22-14-17-10-4-7-13-20(17)28-15-16-8-2-1-3-9-16/h1-14H,15H2,(H,23,25)/b22-14+. The van der Waals surface area contributed by atoms with Gasteiger partial charge >= 0.3 is 0 Å². The second kappa shape index (κ2) is 9.09. The minimum atomic E-state index is -0.661. The molecule has 0 saturated heterocycles. The lowest BCUT2D eigenvalue weighted by atomic mass is 10.2. The van der Waals surface area contributed by atoms with Crippen LogP contribution in [0.5, 0.6) is 5.75 Å². The zero-order valence-electron chi connectivity index (χ0n) is 14.8. The van der Waals surface area contributed by atoms with Crippen LogP contribution in [0.3, 0.4) is 0 Å². The summed E-state index contributed by atoms with van der Waals surface area (Å²) in [6, 6.07) is 22.7. The number of ether oxygens (including phenoxy) is 1. The monoisotopic (exact) mass is 375 g/mol. The number of nitro groups is 1. The van der Waals surface area contributed by atoms with E-state index in [0.29, 0.717) is 17.9 Å². The number of nitrogens with one attached hydrogen (secondary N) is 1. The lowest BCUT2D eigenvalue weighted by molar-refractivity contribution is -0.385. The number of benzene rings is 3. The maximum absolute atomic E-state index is 12.2. The topological polar surface area (TPSA) is 93.8 Å². The van der Waals surface area contributed by atoms with Crippen LogP contribution in [0.1, 0.15) is 21.5 Å². The number of carbonyl (C=O) groups excluding carboxylic acids is 1. The molecule has 140 valence electrons. The third-order valence-corrected chi connectivity index (χ3v) is 3.87. The Hall–Kier alpha value is -4.00. The van der Waals surface area contributed by atoms with Gasteiger partial charge in [-0.2, -0.15) is 5.10 Å². The van der Waals surface area contributed by atoms with Gasteiger partial charge in [0.2, 0.25) is 0 Å². The van der Waals surface area contributed by atoms with E-state index in [1.165, 1.54) is 24.4 Å². The molecule has 0 heterocycles. The Morgan fingerprint density at radius 3 is 2.46 bits per heavy atom. The molecular weight excluding hydrogens is 358 g/mol. The summed E-state index contributed by atoms with van der Waals surface area (Å²) in [5.74, 6) is -0.0544. The Balaban J connectivity index is 1.68. The molecule has 0 fully saturated rings. The molecule has 0 bridgehead atoms. The quantitative estimate of drug-likeness (QED) is 0.384. The van der Waals surface area contributed by atoms with Crippen molar-refractivity contribution >= 4 is 17.8 Å². The van der Waals surface area contributed by atoms with E-state index < -0.39 is 10.8 Å². The Kier molecular flexibility index (Phi) is 6.10. The average molecular weight is 375 g/mol. The number of nitrogens with zero attached hydrogens (tertiary/aromatic N) is 2. The zero-order chi connectivity index (χ0) is 19.8. The Morgan fingerprint density at radius 2 is 1.68 bits per heavy atom. The lowest BCUT2D eigenvalue weighted by Crippen LogP contribution is -2.19. The first kappa shape index (κ1) is 18.8. The molecule has 3 aromatic carbocycles. The predicted octanol–water partition coefficient (Wildman–Crippen LogP) is 3.94. The van der Waals surface area contributed by atoms with Crippen molar-refractivity contribution in [1.82, 2.24) is 5.43 Å². The van der Waals surface area contributed by atoms with Gasteiger partial charge in [-0.1, -0.05) is 54.6 Å². The molecule has 28 heavy (non-hydrogen) atoms. The fourth-order valence-corrected chi connectivity index (χ4v) is 2.50. The molecule has 7 nitrogen and oxygen atoms in total. The maximum atomic E-state index is 12.2. The van der Waals surface area contributed by atoms with Crippen molar-refractivity contribution in [2.24, 2.45) is 5.10 Å². The molecule has 0 radical (unpaired) electrons. The minimum Gasteiger partial charge on any atom is -0.488 e. The summed E-state index contributed by atoms with van der Waals surface area (Å²) in [6.45, 7) is 0.397. The van der Waals surface area contributed by atoms with Crippen molar-refractivity contribution < 1.29 is 14.5 Å². The van der Waals surface area contributed by atoms with Crippen LogP contribution in [0, 0.1) is 10.1 Å². The molecule has 7 heteroatoms. The van der Waals surface area contributed by atoms with E-state index in [0.717, 1.165) is 5.56 Å². The number of amides is 1. The van der Waals surface area contributed by atoms with Gasteiger partial charge < -0.3 is 4.74 Å². The van der Waals surface area contributed by atoms with Gasteiger partial charge in [0.15, 0.2) is 0 Å². The van der Waals surface area contributed by atoms with Crippen molar-refractivity contribution in [3.63, 3.8) is 0 Å². The van der Waals surface area contributed by atoms with Crippen LogP contribution in [0.25, 0.3) is 0 Å². The first-order valence-corrected chi connectivity index (χ1v) is 8.48. The Labute approximate surface area is 161 Å². The number of hydrogen-bond acceptors (Lipinski definition) is 5. The van der Waals surface area contributed by atoms with Gasteiger partial charge in [-0.25, -0.2) is 5.43 Å². The van der Waals surface area contributed by atoms with E-state index in [9.17, 15) is 14.9 Å². The number of rotatable bonds is 7. The van der Waals surface area contributed by atoms with Gasteiger partial charge in [0.25, 0.3) is 11.6 Å². The molecule has 0 aromatic heterocycles. The first-order chi connectivity index (χ1) is 13.6. The summed E-state index contributed by atoms with van der Waals surface area (Å²) in [4.78, 5) is 22.6. The number of para-hydroxylation sites is 2. The van der Waals surface area contributed by atoms with E-state index in [1.54, 1.807) is 18.2 Å². The highest BCUT2D eigenvalue weighted by molar-refractivity contribution is 5.98. The predicted molar refractivity (Wildman–Crippen MR) is 105 cm³/mol. The van der Waals surface area contributed by atoms with Crippen molar-refractivity contribution in [3.8, 4) is 5.75 Å². The number of nitro benzene ring substituents is 1. The Morgan fingerprint density at radius 1 is 1.00 bits per heavy atom. The molecule has 1 N–H and O–H groups in total. The van der Waals surface area contributed by atoms with Gasteiger partial charge in [0.1, 0.15) is 17.9 Å². The fraction of sp³-hybridized carbons (Fsp3) is 0.0476. The number of hydrazone groups is 1. The summed E-state index contributed by atoms with van der Waals surface area (Å²) >= 11 is 0. The molecule has 0 aliphatic heterocycles. The molecule has 3 rings (SSSR count). The second-order valence-electron chi connectivity index (χ2n) is 5.79. The lowest BCUT2D eigenvalue weighted by Gasteiger charge is -2.09. The second-order valence-corrected chi connectivity index (χ2v) is 5.79. The van der Waals surface area contributed by atoms with E-state index in [-0.39, 0.29) is 11.3 Å². The summed E-state index contributed by atoms with van der Waals surface area (Å²) in [7, 11) is 0. The molecular formula is C21H17N3O4. The Bertz CT molecular complexity index is 1000. The minimum absolute atomic E-state index is 0.0572. The van der Waals surface area contributed by atoms with Gasteiger partial charge in [-0.3, -0.25) is 14.9 Å². The van der Waals surface area contributed by atoms with Crippen LogP contribution in [0.2, 0.25) is 0 Å². The average Bonchev–Trinajstić information content (AvgIpc) is 2.73. The first-order valence-electron chi connectivity index (χ1n) is 8.48. The highest BCUT2D eigenvalue weighted by atomic mass is 16.6.